The summed E-state index contributed by atoms with van der Waals surface area (Å²) in [6, 6.07) is 31.5. The lowest BCUT2D eigenvalue weighted by atomic mass is 9.90. The van der Waals surface area contributed by atoms with Crippen LogP contribution in [-0.2, 0) is 6.42 Å². The van der Waals surface area contributed by atoms with Gasteiger partial charge < -0.3 is 14.2 Å². The van der Waals surface area contributed by atoms with Gasteiger partial charge >= 0.3 is 0 Å². The molecule has 35 heavy (non-hydrogen) atoms. The van der Waals surface area contributed by atoms with Crippen molar-refractivity contribution >= 4 is 5.91 Å². The van der Waals surface area contributed by atoms with Crippen LogP contribution < -0.4 is 4.74 Å². The number of para-hydroxylation sites is 3. The number of ether oxygens (including phenoxy) is 1. The minimum absolute atomic E-state index is 0.112. The summed E-state index contributed by atoms with van der Waals surface area (Å²) in [5.41, 5.74) is 2.82. The molecule has 4 aromatic rings. The highest BCUT2D eigenvalue weighted by molar-refractivity contribution is 5.96. The predicted octanol–water partition coefficient (Wildman–Crippen LogP) is 6.24. The third-order valence-electron chi connectivity index (χ3n) is 6.57. The molecule has 1 amide bonds. The Bertz CT molecular complexity index is 1330. The standard InChI is InChI=1S/C30H27N3O2/c31-22-25-17-20-33(27-13-7-8-14-28(27)35-26-11-5-2-6-12-26)29(25)30(34)32-18-15-24(16-19-32)21-23-9-3-1-4-10-23/h1-14,17,20,24H,15-16,18-19,21H2. The Morgan fingerprint density at radius 1 is 0.886 bits per heavy atom. The van der Waals surface area contributed by atoms with Gasteiger partial charge in [0, 0.05) is 19.3 Å². The third-order valence-corrected chi connectivity index (χ3v) is 6.57. The summed E-state index contributed by atoms with van der Waals surface area (Å²) in [6.07, 6.45) is 4.72. The van der Waals surface area contributed by atoms with Gasteiger partial charge in [0.05, 0.1) is 11.3 Å². The molecule has 5 nitrogen and oxygen atoms in total. The lowest BCUT2D eigenvalue weighted by molar-refractivity contribution is 0.0682. The fraction of sp³-hybridized carbons (Fsp3) is 0.200. The molecule has 1 aliphatic heterocycles. The molecule has 174 valence electrons. The predicted molar refractivity (Wildman–Crippen MR) is 136 cm³/mol. The zero-order chi connectivity index (χ0) is 24.0. The van der Waals surface area contributed by atoms with Crippen molar-refractivity contribution in [2.24, 2.45) is 5.92 Å². The van der Waals surface area contributed by atoms with Gasteiger partial charge in [-0.1, -0.05) is 60.7 Å². The molecule has 1 aliphatic rings. The molecular formula is C30H27N3O2. The number of piperidine rings is 1. The molecule has 3 aromatic carbocycles. The number of carbonyl (C=O) groups is 1. The first kappa shape index (κ1) is 22.5. The number of aromatic nitrogens is 1. The van der Waals surface area contributed by atoms with E-state index in [1.807, 2.05) is 65.6 Å². The summed E-state index contributed by atoms with van der Waals surface area (Å²) in [5.74, 6) is 1.78. The summed E-state index contributed by atoms with van der Waals surface area (Å²) < 4.78 is 7.92. The second-order valence-electron chi connectivity index (χ2n) is 8.87. The topological polar surface area (TPSA) is 58.3 Å². The van der Waals surface area contributed by atoms with Crippen molar-refractivity contribution in [3.63, 3.8) is 0 Å². The Hall–Kier alpha value is -4.30. The van der Waals surface area contributed by atoms with Crippen molar-refractivity contribution < 1.29 is 9.53 Å². The quantitative estimate of drug-likeness (QED) is 0.342. The Labute approximate surface area is 205 Å². The van der Waals surface area contributed by atoms with E-state index < -0.39 is 0 Å². The Morgan fingerprint density at radius 2 is 1.54 bits per heavy atom. The van der Waals surface area contributed by atoms with E-state index in [0.29, 0.717) is 41.8 Å². The van der Waals surface area contributed by atoms with Crippen LogP contribution in [0, 0.1) is 17.2 Å². The van der Waals surface area contributed by atoms with Crippen molar-refractivity contribution in [1.82, 2.24) is 9.47 Å². The number of hydrogen-bond donors (Lipinski definition) is 0. The van der Waals surface area contributed by atoms with E-state index >= 15 is 0 Å². The molecule has 5 heteroatoms. The summed E-state index contributed by atoms with van der Waals surface area (Å²) in [7, 11) is 0. The van der Waals surface area contributed by atoms with Crippen LogP contribution in [0.3, 0.4) is 0 Å². The van der Waals surface area contributed by atoms with Gasteiger partial charge in [0.15, 0.2) is 5.75 Å². The summed E-state index contributed by atoms with van der Waals surface area (Å²) in [5, 5.41) is 9.77. The van der Waals surface area contributed by atoms with Crippen molar-refractivity contribution in [3.8, 4) is 23.3 Å². The molecule has 0 bridgehead atoms. The van der Waals surface area contributed by atoms with E-state index in [1.54, 1.807) is 16.8 Å². The molecule has 1 aromatic heterocycles. The lowest BCUT2D eigenvalue weighted by Gasteiger charge is -2.32. The van der Waals surface area contributed by atoms with Crippen molar-refractivity contribution in [2.45, 2.75) is 19.3 Å². The molecule has 0 atom stereocenters. The first-order valence-corrected chi connectivity index (χ1v) is 12.0. The molecule has 0 aliphatic carbocycles. The van der Waals surface area contributed by atoms with Gasteiger partial charge in [-0.15, -0.1) is 0 Å². The van der Waals surface area contributed by atoms with Gasteiger partial charge in [-0.25, -0.2) is 0 Å². The third kappa shape index (κ3) is 4.97. The number of hydrogen-bond acceptors (Lipinski definition) is 3. The van der Waals surface area contributed by atoms with Gasteiger partial charge in [0.25, 0.3) is 5.91 Å². The average Bonchev–Trinajstić information content (AvgIpc) is 3.34. The fourth-order valence-corrected chi connectivity index (χ4v) is 4.74. The molecule has 1 fully saturated rings. The molecule has 0 N–H and O–H groups in total. The van der Waals surface area contributed by atoms with Crippen LogP contribution in [0.15, 0.2) is 97.2 Å². The summed E-state index contributed by atoms with van der Waals surface area (Å²) >= 11 is 0. The molecule has 5 rings (SSSR count). The molecule has 0 unspecified atom stereocenters. The number of rotatable bonds is 6. The molecule has 0 saturated carbocycles. The second kappa shape index (κ2) is 10.3. The Kier molecular flexibility index (Phi) is 6.63. The molecule has 0 spiro atoms. The van der Waals surface area contributed by atoms with E-state index in [2.05, 4.69) is 30.3 Å². The van der Waals surface area contributed by atoms with Gasteiger partial charge in [-0.3, -0.25) is 4.79 Å². The highest BCUT2D eigenvalue weighted by atomic mass is 16.5. The number of nitriles is 1. The largest absolute Gasteiger partial charge is 0.455 e. The normalized spacial score (nSPS) is 13.9. The maximum Gasteiger partial charge on any atom is 0.272 e. The molecule has 1 saturated heterocycles. The SMILES string of the molecule is N#Cc1ccn(-c2ccccc2Oc2ccccc2)c1C(=O)N1CCC(Cc2ccccc2)CC1. The van der Waals surface area contributed by atoms with Gasteiger partial charge in [-0.05, 0) is 61.1 Å². The minimum Gasteiger partial charge on any atom is -0.455 e. The zero-order valence-corrected chi connectivity index (χ0v) is 19.5. The van der Waals surface area contributed by atoms with Crippen molar-refractivity contribution in [3.05, 3.63) is 114 Å². The van der Waals surface area contributed by atoms with Crippen molar-refractivity contribution in [2.75, 3.05) is 13.1 Å². The monoisotopic (exact) mass is 461 g/mol. The number of benzene rings is 3. The average molecular weight is 462 g/mol. The van der Waals surface area contributed by atoms with Crippen LogP contribution in [0.1, 0.15) is 34.5 Å². The van der Waals surface area contributed by atoms with Crippen LogP contribution in [0.4, 0.5) is 0 Å². The first-order chi connectivity index (χ1) is 17.2. The molecule has 2 heterocycles. The zero-order valence-electron chi connectivity index (χ0n) is 19.5. The van der Waals surface area contributed by atoms with Crippen molar-refractivity contribution in [1.29, 1.82) is 5.26 Å². The highest BCUT2D eigenvalue weighted by Gasteiger charge is 2.28. The smallest absolute Gasteiger partial charge is 0.272 e. The van der Waals surface area contributed by atoms with E-state index in [1.165, 1.54) is 5.56 Å². The summed E-state index contributed by atoms with van der Waals surface area (Å²) in [4.78, 5) is 15.6. The molecular weight excluding hydrogens is 434 g/mol. The van der Waals surface area contributed by atoms with Gasteiger partial charge in [-0.2, -0.15) is 5.26 Å². The Balaban J connectivity index is 1.37. The van der Waals surface area contributed by atoms with Gasteiger partial charge in [0.1, 0.15) is 17.5 Å². The van der Waals surface area contributed by atoms with Gasteiger partial charge in [0.2, 0.25) is 0 Å². The van der Waals surface area contributed by atoms with E-state index in [-0.39, 0.29) is 5.91 Å². The number of amides is 1. The van der Waals surface area contributed by atoms with E-state index in [4.69, 9.17) is 4.74 Å². The first-order valence-electron chi connectivity index (χ1n) is 12.0. The lowest BCUT2D eigenvalue weighted by Crippen LogP contribution is -2.40. The van der Waals surface area contributed by atoms with Crippen LogP contribution >= 0.6 is 0 Å². The van der Waals surface area contributed by atoms with E-state index in [9.17, 15) is 10.1 Å². The Morgan fingerprint density at radius 3 is 2.26 bits per heavy atom. The van der Waals surface area contributed by atoms with Crippen LogP contribution in [0.2, 0.25) is 0 Å². The number of likely N-dealkylation sites (tertiary alicyclic amines) is 1. The van der Waals surface area contributed by atoms with E-state index in [0.717, 1.165) is 24.9 Å². The minimum atomic E-state index is -0.112. The second-order valence-corrected chi connectivity index (χ2v) is 8.87. The van der Waals surface area contributed by atoms with Crippen LogP contribution in [0.5, 0.6) is 11.5 Å². The molecule has 0 radical (unpaired) electrons. The maximum absolute atomic E-state index is 13.7. The van der Waals surface area contributed by atoms with Crippen LogP contribution in [0.25, 0.3) is 5.69 Å². The number of carbonyl (C=O) groups excluding carboxylic acids is 1. The van der Waals surface area contributed by atoms with Crippen LogP contribution in [-0.4, -0.2) is 28.5 Å². The maximum atomic E-state index is 13.7. The summed E-state index contributed by atoms with van der Waals surface area (Å²) in [6.45, 7) is 1.38. The fourth-order valence-electron chi connectivity index (χ4n) is 4.74. The highest BCUT2D eigenvalue weighted by Crippen LogP contribution is 2.31. The number of nitrogens with zero attached hydrogens (tertiary/aromatic N) is 3.